The molecule has 2 aromatic carbocycles. The molecule has 0 saturated heterocycles. The highest BCUT2D eigenvalue weighted by Crippen LogP contribution is 2.25. The molecule has 0 spiro atoms. The van der Waals surface area contributed by atoms with Crippen molar-refractivity contribution in [3.05, 3.63) is 65.2 Å². The third-order valence-electron chi connectivity index (χ3n) is 5.89. The molecule has 1 atom stereocenters. The predicted octanol–water partition coefficient (Wildman–Crippen LogP) is 3.06. The summed E-state index contributed by atoms with van der Waals surface area (Å²) in [6.45, 7) is 6.14. The molecule has 0 unspecified atom stereocenters. The van der Waals surface area contributed by atoms with Gasteiger partial charge < -0.3 is 10.2 Å². The van der Waals surface area contributed by atoms with Crippen LogP contribution >= 0.6 is 0 Å². The van der Waals surface area contributed by atoms with E-state index in [9.17, 15) is 18.0 Å². The summed E-state index contributed by atoms with van der Waals surface area (Å²) in [7, 11) is -1.96. The lowest BCUT2D eigenvalue weighted by molar-refractivity contribution is -0.139. The predicted molar refractivity (Wildman–Crippen MR) is 133 cm³/mol. The molecule has 2 rings (SSSR count). The lowest BCUT2D eigenvalue weighted by atomic mass is 10.1. The van der Waals surface area contributed by atoms with Crippen molar-refractivity contribution in [2.75, 3.05) is 30.7 Å². The number of likely N-dealkylation sites (N-methyl/N-ethyl adjacent to an activating group) is 1. The summed E-state index contributed by atoms with van der Waals surface area (Å²) >= 11 is 0. The van der Waals surface area contributed by atoms with Gasteiger partial charge in [-0.3, -0.25) is 13.9 Å². The Morgan fingerprint density at radius 1 is 1.00 bits per heavy atom. The minimum Gasteiger partial charge on any atom is -0.357 e. The van der Waals surface area contributed by atoms with Crippen LogP contribution < -0.4 is 9.62 Å². The fourth-order valence-corrected chi connectivity index (χ4v) is 4.78. The lowest BCUT2D eigenvalue weighted by Crippen LogP contribution is -2.48. The third-order valence-corrected chi connectivity index (χ3v) is 7.07. The number of rotatable bonds is 11. The summed E-state index contributed by atoms with van der Waals surface area (Å²) in [5.41, 5.74) is 3.61. The molecular formula is C25H35N3O4S. The maximum atomic E-state index is 13.1. The number of benzene rings is 2. The largest absolute Gasteiger partial charge is 0.357 e. The SMILES string of the molecule is CNC(=O)[C@@H](C)N(CCc1ccccc1)C(=O)CCCN(c1cccc(C)c1C)S(C)(=O)=O. The van der Waals surface area contributed by atoms with E-state index < -0.39 is 16.1 Å². The minimum atomic E-state index is -3.51. The second kappa shape index (κ2) is 11.8. The van der Waals surface area contributed by atoms with Crippen molar-refractivity contribution in [1.29, 1.82) is 0 Å². The first-order valence-electron chi connectivity index (χ1n) is 11.1. The Kier molecular flexibility index (Phi) is 9.46. The molecule has 7 nitrogen and oxygen atoms in total. The Bertz CT molecular complexity index is 1050. The van der Waals surface area contributed by atoms with Crippen molar-refractivity contribution < 1.29 is 18.0 Å². The molecular weight excluding hydrogens is 438 g/mol. The summed E-state index contributed by atoms with van der Waals surface area (Å²) < 4.78 is 26.3. The zero-order valence-corrected chi connectivity index (χ0v) is 21.0. The van der Waals surface area contributed by atoms with E-state index in [1.807, 2.05) is 56.3 Å². The molecule has 0 fully saturated rings. The summed E-state index contributed by atoms with van der Waals surface area (Å²) in [6, 6.07) is 14.7. The fraction of sp³-hybridized carbons (Fsp3) is 0.440. The van der Waals surface area contributed by atoms with Crippen LogP contribution in [0.25, 0.3) is 0 Å². The molecule has 0 aliphatic heterocycles. The highest BCUT2D eigenvalue weighted by atomic mass is 32.2. The zero-order chi connectivity index (χ0) is 24.6. The van der Waals surface area contributed by atoms with Gasteiger partial charge >= 0.3 is 0 Å². The van der Waals surface area contributed by atoms with Crippen molar-refractivity contribution in [1.82, 2.24) is 10.2 Å². The number of nitrogens with one attached hydrogen (secondary N) is 1. The quantitative estimate of drug-likeness (QED) is 0.543. The summed E-state index contributed by atoms with van der Waals surface area (Å²) in [6.07, 6.45) is 2.30. The van der Waals surface area contributed by atoms with Gasteiger partial charge in [-0.05, 0) is 56.4 Å². The number of anilines is 1. The summed E-state index contributed by atoms with van der Waals surface area (Å²) in [5.74, 6) is -0.402. The number of carbonyl (C=O) groups is 2. The minimum absolute atomic E-state index is 0.146. The van der Waals surface area contributed by atoms with Crippen LogP contribution in [0.1, 0.15) is 36.5 Å². The van der Waals surface area contributed by atoms with Crippen molar-refractivity contribution in [2.45, 2.75) is 46.1 Å². The van der Waals surface area contributed by atoms with Crippen molar-refractivity contribution >= 4 is 27.5 Å². The molecule has 180 valence electrons. The van der Waals surface area contributed by atoms with Gasteiger partial charge in [0.05, 0.1) is 11.9 Å². The number of aryl methyl sites for hydroxylation is 1. The van der Waals surface area contributed by atoms with Gasteiger partial charge in [-0.1, -0.05) is 42.5 Å². The highest BCUT2D eigenvalue weighted by molar-refractivity contribution is 7.92. The molecule has 0 aromatic heterocycles. The van der Waals surface area contributed by atoms with E-state index in [0.29, 0.717) is 25.1 Å². The average molecular weight is 474 g/mol. The molecule has 1 N–H and O–H groups in total. The molecule has 0 aliphatic carbocycles. The van der Waals surface area contributed by atoms with Gasteiger partial charge in [-0.2, -0.15) is 0 Å². The molecule has 0 bridgehead atoms. The summed E-state index contributed by atoms with van der Waals surface area (Å²) in [4.78, 5) is 26.9. The molecule has 2 aromatic rings. The van der Waals surface area contributed by atoms with Gasteiger partial charge in [0.1, 0.15) is 6.04 Å². The number of hydrogen-bond donors (Lipinski definition) is 1. The van der Waals surface area contributed by atoms with Crippen LogP contribution in [0.5, 0.6) is 0 Å². The topological polar surface area (TPSA) is 86.8 Å². The first-order chi connectivity index (χ1) is 15.6. The van der Waals surface area contributed by atoms with Crippen molar-refractivity contribution in [2.24, 2.45) is 0 Å². The van der Waals surface area contributed by atoms with E-state index in [1.165, 1.54) is 10.6 Å². The molecule has 33 heavy (non-hydrogen) atoms. The van der Waals surface area contributed by atoms with Crippen LogP contribution in [0.2, 0.25) is 0 Å². The van der Waals surface area contributed by atoms with E-state index in [2.05, 4.69) is 5.32 Å². The third kappa shape index (κ3) is 7.32. The Morgan fingerprint density at radius 2 is 1.67 bits per heavy atom. The average Bonchev–Trinajstić information content (AvgIpc) is 2.78. The van der Waals surface area contributed by atoms with Gasteiger partial charge in [0.25, 0.3) is 0 Å². The van der Waals surface area contributed by atoms with Crippen LogP contribution in [0.4, 0.5) is 5.69 Å². The molecule has 8 heteroatoms. The number of carbonyl (C=O) groups excluding carboxylic acids is 2. The van der Waals surface area contributed by atoms with Crippen molar-refractivity contribution in [3.63, 3.8) is 0 Å². The van der Waals surface area contributed by atoms with E-state index in [0.717, 1.165) is 16.7 Å². The van der Waals surface area contributed by atoms with Crippen LogP contribution in [-0.2, 0) is 26.0 Å². The normalized spacial score (nSPS) is 12.2. The van der Waals surface area contributed by atoms with E-state index in [4.69, 9.17) is 0 Å². The Balaban J connectivity index is 2.11. The van der Waals surface area contributed by atoms with Gasteiger partial charge in [0, 0.05) is 26.6 Å². The monoisotopic (exact) mass is 473 g/mol. The standard InChI is InChI=1S/C25H35N3O4S/c1-19-11-9-14-23(20(19)2)28(33(5,31)32)17-10-15-24(29)27(21(3)25(30)26-4)18-16-22-12-7-6-8-13-22/h6-9,11-14,21H,10,15-18H2,1-5H3,(H,26,30)/t21-/m1/s1. The van der Waals surface area contributed by atoms with E-state index in [-0.39, 0.29) is 24.8 Å². The van der Waals surface area contributed by atoms with Gasteiger partial charge in [-0.25, -0.2) is 8.42 Å². The molecule has 0 aliphatic rings. The molecule has 0 heterocycles. The smallest absolute Gasteiger partial charge is 0.242 e. The number of amides is 2. The maximum absolute atomic E-state index is 13.1. The van der Waals surface area contributed by atoms with Crippen LogP contribution in [0.15, 0.2) is 48.5 Å². The van der Waals surface area contributed by atoms with E-state index >= 15 is 0 Å². The first kappa shape index (κ1) is 26.4. The fourth-order valence-electron chi connectivity index (χ4n) is 3.77. The molecule has 0 radical (unpaired) electrons. The second-order valence-corrected chi connectivity index (χ2v) is 10.2. The molecule has 2 amide bonds. The van der Waals surface area contributed by atoms with Crippen molar-refractivity contribution in [3.8, 4) is 0 Å². The zero-order valence-electron chi connectivity index (χ0n) is 20.2. The molecule has 0 saturated carbocycles. The number of sulfonamides is 1. The Hall–Kier alpha value is -2.87. The summed E-state index contributed by atoms with van der Waals surface area (Å²) in [5, 5.41) is 2.61. The maximum Gasteiger partial charge on any atom is 0.242 e. The van der Waals surface area contributed by atoms with Crippen LogP contribution in [0, 0.1) is 13.8 Å². The Morgan fingerprint density at radius 3 is 2.27 bits per heavy atom. The van der Waals surface area contributed by atoms with Gasteiger partial charge in [-0.15, -0.1) is 0 Å². The van der Waals surface area contributed by atoms with Crippen LogP contribution in [-0.4, -0.2) is 57.6 Å². The Labute approximate surface area is 197 Å². The number of hydrogen-bond acceptors (Lipinski definition) is 4. The van der Waals surface area contributed by atoms with Gasteiger partial charge in [0.2, 0.25) is 21.8 Å². The first-order valence-corrected chi connectivity index (χ1v) is 13.0. The number of nitrogens with zero attached hydrogens (tertiary/aromatic N) is 2. The van der Waals surface area contributed by atoms with Gasteiger partial charge in [0.15, 0.2) is 0 Å². The van der Waals surface area contributed by atoms with Crippen LogP contribution in [0.3, 0.4) is 0 Å². The van der Waals surface area contributed by atoms with E-state index in [1.54, 1.807) is 24.9 Å². The second-order valence-electron chi connectivity index (χ2n) is 8.27. The highest BCUT2D eigenvalue weighted by Gasteiger charge is 2.26. The lowest BCUT2D eigenvalue weighted by Gasteiger charge is -2.29.